The molecule has 1 aliphatic carbocycles. The van der Waals surface area contributed by atoms with E-state index in [1.807, 2.05) is 24.3 Å². The maximum Gasteiger partial charge on any atom is 0.120 e. The van der Waals surface area contributed by atoms with E-state index in [2.05, 4.69) is 28.2 Å². The molecule has 0 heterocycles. The van der Waals surface area contributed by atoms with Crippen LogP contribution < -0.4 is 10.1 Å². The van der Waals surface area contributed by atoms with Gasteiger partial charge in [-0.3, -0.25) is 0 Å². The lowest BCUT2D eigenvalue weighted by atomic mass is 9.80. The molecule has 0 radical (unpaired) electrons. The first-order valence-corrected chi connectivity index (χ1v) is 8.71. The van der Waals surface area contributed by atoms with Crippen molar-refractivity contribution in [3.63, 3.8) is 0 Å². The van der Waals surface area contributed by atoms with Gasteiger partial charge >= 0.3 is 0 Å². The third-order valence-corrected chi connectivity index (χ3v) is 4.81. The molecule has 0 aliphatic heterocycles. The summed E-state index contributed by atoms with van der Waals surface area (Å²) in [6.45, 7) is 4.27. The molecular weight excluding hydrogens is 330 g/mol. The molecule has 2 rings (SSSR count). The Hall–Kier alpha value is -0.580. The molecule has 3 nitrogen and oxygen atoms in total. The Labute approximate surface area is 136 Å². The first-order valence-electron chi connectivity index (χ1n) is 7.92. The molecular formula is C17H26BrNO2. The van der Waals surface area contributed by atoms with Gasteiger partial charge in [0.15, 0.2) is 0 Å². The molecule has 0 spiro atoms. The van der Waals surface area contributed by atoms with Crippen LogP contribution in [-0.2, 0) is 0 Å². The van der Waals surface area contributed by atoms with Crippen LogP contribution in [0.15, 0.2) is 28.7 Å². The fourth-order valence-electron chi connectivity index (χ4n) is 2.94. The molecule has 0 saturated heterocycles. The summed E-state index contributed by atoms with van der Waals surface area (Å²) >= 11 is 3.41. The molecule has 2 N–H and O–H groups in total. The van der Waals surface area contributed by atoms with Gasteiger partial charge in [-0.15, -0.1) is 0 Å². The first kappa shape index (κ1) is 16.8. The maximum absolute atomic E-state index is 9.98. The zero-order chi connectivity index (χ0) is 15.1. The Balaban J connectivity index is 1.62. The highest BCUT2D eigenvalue weighted by molar-refractivity contribution is 9.10. The van der Waals surface area contributed by atoms with Gasteiger partial charge in [0.2, 0.25) is 0 Å². The second-order valence-electron chi connectivity index (χ2n) is 6.10. The molecule has 0 aromatic heterocycles. The molecule has 4 heteroatoms. The van der Waals surface area contributed by atoms with E-state index in [1.54, 1.807) is 0 Å². The van der Waals surface area contributed by atoms with Crippen molar-refractivity contribution in [3.05, 3.63) is 28.7 Å². The number of aliphatic hydroxyl groups excluding tert-OH is 1. The largest absolute Gasteiger partial charge is 0.491 e. The van der Waals surface area contributed by atoms with Crippen LogP contribution in [-0.4, -0.2) is 30.9 Å². The summed E-state index contributed by atoms with van der Waals surface area (Å²) in [4.78, 5) is 0. The minimum Gasteiger partial charge on any atom is -0.491 e. The van der Waals surface area contributed by atoms with Gasteiger partial charge in [-0.25, -0.2) is 0 Å². The van der Waals surface area contributed by atoms with Gasteiger partial charge in [0.25, 0.3) is 0 Å². The van der Waals surface area contributed by atoms with Crippen LogP contribution in [0.25, 0.3) is 0 Å². The minimum absolute atomic E-state index is 0.323. The summed E-state index contributed by atoms with van der Waals surface area (Å²) < 4.78 is 6.58. The van der Waals surface area contributed by atoms with Gasteiger partial charge in [-0.05, 0) is 43.0 Å². The zero-order valence-corrected chi connectivity index (χ0v) is 14.3. The molecule has 3 atom stereocenters. The zero-order valence-electron chi connectivity index (χ0n) is 12.7. The average molecular weight is 356 g/mol. The van der Waals surface area contributed by atoms with Crippen LogP contribution in [0.5, 0.6) is 5.75 Å². The number of benzene rings is 1. The molecule has 1 fully saturated rings. The molecule has 1 saturated carbocycles. The lowest BCUT2D eigenvalue weighted by molar-refractivity contribution is 0.103. The summed E-state index contributed by atoms with van der Waals surface area (Å²) in [5, 5.41) is 13.4. The van der Waals surface area contributed by atoms with E-state index < -0.39 is 6.10 Å². The lowest BCUT2D eigenvalue weighted by Gasteiger charge is -2.29. The van der Waals surface area contributed by atoms with E-state index in [4.69, 9.17) is 4.74 Å². The third kappa shape index (κ3) is 5.97. The monoisotopic (exact) mass is 355 g/mol. The predicted octanol–water partition coefficient (Wildman–Crippen LogP) is 3.60. The SMILES string of the molecule is CC1CCCCC1CNCC(O)COc1cccc(Br)c1. The summed E-state index contributed by atoms with van der Waals surface area (Å²) in [7, 11) is 0. The second kappa shape index (κ2) is 8.76. The number of hydrogen-bond acceptors (Lipinski definition) is 3. The standard InChI is InChI=1S/C17H26BrNO2/c1-13-5-2-3-6-14(13)10-19-11-16(20)12-21-17-8-4-7-15(18)9-17/h4,7-9,13-14,16,19-20H,2-3,5-6,10-12H2,1H3. The van der Waals surface area contributed by atoms with Crippen molar-refractivity contribution < 1.29 is 9.84 Å². The molecule has 21 heavy (non-hydrogen) atoms. The summed E-state index contributed by atoms with van der Waals surface area (Å²) in [5.41, 5.74) is 0. The molecule has 1 aromatic carbocycles. The van der Waals surface area contributed by atoms with E-state index in [1.165, 1.54) is 25.7 Å². The summed E-state index contributed by atoms with van der Waals surface area (Å²) in [6, 6.07) is 7.68. The van der Waals surface area contributed by atoms with Crippen molar-refractivity contribution in [1.29, 1.82) is 0 Å². The van der Waals surface area contributed by atoms with E-state index in [-0.39, 0.29) is 0 Å². The lowest BCUT2D eigenvalue weighted by Crippen LogP contribution is -2.36. The van der Waals surface area contributed by atoms with Crippen LogP contribution in [0, 0.1) is 11.8 Å². The Morgan fingerprint density at radius 3 is 2.95 bits per heavy atom. The highest BCUT2D eigenvalue weighted by Crippen LogP contribution is 2.28. The van der Waals surface area contributed by atoms with Crippen LogP contribution in [0.4, 0.5) is 0 Å². The highest BCUT2D eigenvalue weighted by atomic mass is 79.9. The van der Waals surface area contributed by atoms with Crippen molar-refractivity contribution >= 4 is 15.9 Å². The van der Waals surface area contributed by atoms with E-state index in [9.17, 15) is 5.11 Å². The summed E-state index contributed by atoms with van der Waals surface area (Å²) in [5.74, 6) is 2.35. The predicted molar refractivity (Wildman–Crippen MR) is 89.6 cm³/mol. The first-order chi connectivity index (χ1) is 10.1. The fraction of sp³-hybridized carbons (Fsp3) is 0.647. The van der Waals surface area contributed by atoms with Gasteiger partial charge in [-0.2, -0.15) is 0 Å². The van der Waals surface area contributed by atoms with Gasteiger partial charge in [0.05, 0.1) is 0 Å². The van der Waals surface area contributed by atoms with Crippen molar-refractivity contribution in [2.24, 2.45) is 11.8 Å². The number of hydrogen-bond donors (Lipinski definition) is 2. The van der Waals surface area contributed by atoms with Gasteiger partial charge in [0.1, 0.15) is 18.5 Å². The van der Waals surface area contributed by atoms with Gasteiger partial charge in [0, 0.05) is 11.0 Å². The number of ether oxygens (including phenoxy) is 1. The van der Waals surface area contributed by atoms with Crippen molar-refractivity contribution in [1.82, 2.24) is 5.32 Å². The highest BCUT2D eigenvalue weighted by Gasteiger charge is 2.20. The van der Waals surface area contributed by atoms with E-state index >= 15 is 0 Å². The van der Waals surface area contributed by atoms with Crippen LogP contribution in [0.2, 0.25) is 0 Å². The minimum atomic E-state index is -0.470. The Bertz CT molecular complexity index is 427. The summed E-state index contributed by atoms with van der Waals surface area (Å²) in [6.07, 6.45) is 4.92. The second-order valence-corrected chi connectivity index (χ2v) is 7.02. The van der Waals surface area contributed by atoms with Gasteiger partial charge < -0.3 is 15.2 Å². The van der Waals surface area contributed by atoms with E-state index in [0.717, 1.165) is 28.6 Å². The van der Waals surface area contributed by atoms with Crippen molar-refractivity contribution in [2.75, 3.05) is 19.7 Å². The molecule has 1 aliphatic rings. The van der Waals surface area contributed by atoms with Crippen LogP contribution >= 0.6 is 15.9 Å². The maximum atomic E-state index is 9.98. The number of aliphatic hydroxyl groups is 1. The molecule has 0 amide bonds. The molecule has 118 valence electrons. The fourth-order valence-corrected chi connectivity index (χ4v) is 3.32. The normalized spacial score (nSPS) is 23.8. The van der Waals surface area contributed by atoms with Crippen LogP contribution in [0.3, 0.4) is 0 Å². The topological polar surface area (TPSA) is 41.5 Å². The third-order valence-electron chi connectivity index (χ3n) is 4.31. The number of rotatable bonds is 7. The quantitative estimate of drug-likeness (QED) is 0.784. The Kier molecular flexibility index (Phi) is 7.00. The number of nitrogens with one attached hydrogen (secondary N) is 1. The van der Waals surface area contributed by atoms with Crippen molar-refractivity contribution in [2.45, 2.75) is 38.7 Å². The molecule has 3 unspecified atom stereocenters. The smallest absolute Gasteiger partial charge is 0.120 e. The molecule has 0 bridgehead atoms. The van der Waals surface area contributed by atoms with Crippen LogP contribution in [0.1, 0.15) is 32.6 Å². The number of halogens is 1. The van der Waals surface area contributed by atoms with E-state index in [0.29, 0.717) is 13.2 Å². The van der Waals surface area contributed by atoms with Crippen molar-refractivity contribution in [3.8, 4) is 5.75 Å². The average Bonchev–Trinajstić information content (AvgIpc) is 2.47. The Morgan fingerprint density at radius 1 is 1.38 bits per heavy atom. The molecule has 1 aromatic rings. The van der Waals surface area contributed by atoms with Gasteiger partial charge in [-0.1, -0.05) is 48.2 Å². The Morgan fingerprint density at radius 2 is 2.19 bits per heavy atom.